The lowest BCUT2D eigenvalue weighted by Crippen LogP contribution is -2.50. The molecule has 1 heterocycles. The van der Waals surface area contributed by atoms with Gasteiger partial charge < -0.3 is 9.47 Å². The molecule has 0 spiro atoms. The van der Waals surface area contributed by atoms with Crippen molar-refractivity contribution >= 4 is 17.7 Å². The van der Waals surface area contributed by atoms with Gasteiger partial charge in [0.1, 0.15) is 12.2 Å². The molecule has 138 valence electrons. The van der Waals surface area contributed by atoms with Crippen molar-refractivity contribution in [2.45, 2.75) is 59.7 Å². The molecule has 1 saturated carbocycles. The van der Waals surface area contributed by atoms with Crippen LogP contribution in [0.1, 0.15) is 47.5 Å². The summed E-state index contributed by atoms with van der Waals surface area (Å²) in [6, 6.07) is 0. The molecule has 3 aliphatic rings. The van der Waals surface area contributed by atoms with Crippen LogP contribution < -0.4 is 0 Å². The van der Waals surface area contributed by atoms with Crippen molar-refractivity contribution in [2.75, 3.05) is 0 Å². The third-order valence-corrected chi connectivity index (χ3v) is 6.32. The van der Waals surface area contributed by atoms with Crippen molar-refractivity contribution in [1.29, 1.82) is 0 Å². The third kappa shape index (κ3) is 2.81. The molecule has 1 aliphatic heterocycles. The quantitative estimate of drug-likeness (QED) is 0.734. The summed E-state index contributed by atoms with van der Waals surface area (Å²) in [5.74, 6) is -0.887. The number of carbonyl (C=O) groups excluding carboxylic acids is 3. The fourth-order valence-electron chi connectivity index (χ4n) is 4.96. The van der Waals surface area contributed by atoms with Gasteiger partial charge in [0, 0.05) is 12.3 Å². The van der Waals surface area contributed by atoms with Crippen LogP contribution in [0.4, 0.5) is 0 Å². The minimum atomic E-state index is -0.826. The number of ether oxygens (including phenoxy) is 2. The highest BCUT2D eigenvalue weighted by molar-refractivity contribution is 5.98. The number of fused-ring (bicyclic) bond motifs is 2. The van der Waals surface area contributed by atoms with Crippen molar-refractivity contribution < 1.29 is 23.9 Å². The van der Waals surface area contributed by atoms with Crippen molar-refractivity contribution in [3.8, 4) is 0 Å². The van der Waals surface area contributed by atoms with Gasteiger partial charge in [0.25, 0.3) is 0 Å². The predicted molar refractivity (Wildman–Crippen MR) is 91.4 cm³/mol. The fraction of sp³-hybridized carbons (Fsp3) is 0.750. The average Bonchev–Trinajstić information content (AvgIpc) is 2.92. The van der Waals surface area contributed by atoms with Crippen LogP contribution in [0.3, 0.4) is 0 Å². The van der Waals surface area contributed by atoms with Gasteiger partial charge in [-0.3, -0.25) is 14.4 Å². The van der Waals surface area contributed by atoms with Crippen LogP contribution in [0.15, 0.2) is 12.2 Å². The zero-order valence-corrected chi connectivity index (χ0v) is 15.7. The van der Waals surface area contributed by atoms with E-state index in [0.29, 0.717) is 12.8 Å². The molecular formula is C20H28O5. The van der Waals surface area contributed by atoms with Crippen LogP contribution in [-0.4, -0.2) is 29.9 Å². The monoisotopic (exact) mass is 348 g/mol. The van der Waals surface area contributed by atoms with Gasteiger partial charge in [0.15, 0.2) is 5.78 Å². The summed E-state index contributed by atoms with van der Waals surface area (Å²) in [4.78, 5) is 37.4. The Labute approximate surface area is 149 Å². The molecule has 25 heavy (non-hydrogen) atoms. The van der Waals surface area contributed by atoms with Gasteiger partial charge in [0.2, 0.25) is 0 Å². The summed E-state index contributed by atoms with van der Waals surface area (Å²) < 4.78 is 11.5. The lowest BCUT2D eigenvalue weighted by atomic mass is 9.66. The minimum absolute atomic E-state index is 0.00616. The highest BCUT2D eigenvalue weighted by Crippen LogP contribution is 2.54. The molecule has 5 heteroatoms. The van der Waals surface area contributed by atoms with E-state index in [1.807, 2.05) is 33.8 Å². The highest BCUT2D eigenvalue weighted by atomic mass is 16.6. The summed E-state index contributed by atoms with van der Waals surface area (Å²) in [7, 11) is 0. The first-order valence-electron chi connectivity index (χ1n) is 9.28. The Hall–Kier alpha value is -1.65. The summed E-state index contributed by atoms with van der Waals surface area (Å²) in [6.45, 7) is 9.70. The molecule has 0 unspecified atom stereocenters. The molecule has 0 aromatic heterocycles. The van der Waals surface area contributed by atoms with Crippen molar-refractivity contribution in [3.05, 3.63) is 12.2 Å². The second-order valence-corrected chi connectivity index (χ2v) is 8.59. The van der Waals surface area contributed by atoms with E-state index >= 15 is 0 Å². The lowest BCUT2D eigenvalue weighted by molar-refractivity contribution is -0.168. The molecule has 5 nitrogen and oxygen atoms in total. The molecule has 1 saturated heterocycles. The Balaban J connectivity index is 2.01. The normalized spacial score (nSPS) is 42.8. The lowest BCUT2D eigenvalue weighted by Gasteiger charge is -2.40. The second-order valence-electron chi connectivity index (χ2n) is 8.59. The fourth-order valence-corrected chi connectivity index (χ4v) is 4.96. The molecule has 7 atom stereocenters. The van der Waals surface area contributed by atoms with Crippen molar-refractivity contribution in [1.82, 2.24) is 0 Å². The third-order valence-electron chi connectivity index (χ3n) is 6.32. The van der Waals surface area contributed by atoms with Crippen molar-refractivity contribution in [2.24, 2.45) is 35.0 Å². The van der Waals surface area contributed by atoms with E-state index in [2.05, 4.69) is 6.92 Å². The predicted octanol–water partition coefficient (Wildman–Crippen LogP) is 2.92. The maximum absolute atomic E-state index is 12.8. The van der Waals surface area contributed by atoms with Crippen LogP contribution in [0.5, 0.6) is 0 Å². The van der Waals surface area contributed by atoms with E-state index < -0.39 is 11.5 Å². The first-order chi connectivity index (χ1) is 11.7. The molecule has 0 aromatic rings. The topological polar surface area (TPSA) is 69.7 Å². The number of hydrogen-bond acceptors (Lipinski definition) is 5. The standard InChI is InChI=1S/C20H28O5/c1-10(2)8-16(22)25-18-17-12(4)19(23)24-14(17)9-11(3)13-6-7-15(21)20(13,18)5/h6-7,10-14,17-18H,8-9H2,1-5H3/t11-,12+,13+,14-,17-,18-,20+/m1/s1. The smallest absolute Gasteiger partial charge is 0.309 e. The first kappa shape index (κ1) is 18.2. The molecule has 2 aliphatic carbocycles. The Bertz CT molecular complexity index is 622. The minimum Gasteiger partial charge on any atom is -0.462 e. The summed E-state index contributed by atoms with van der Waals surface area (Å²) in [6.07, 6.45) is 3.63. The highest BCUT2D eigenvalue weighted by Gasteiger charge is 2.62. The van der Waals surface area contributed by atoms with Gasteiger partial charge in [-0.2, -0.15) is 0 Å². The molecule has 0 N–H and O–H groups in total. The van der Waals surface area contributed by atoms with Crippen LogP contribution >= 0.6 is 0 Å². The van der Waals surface area contributed by atoms with Gasteiger partial charge >= 0.3 is 11.9 Å². The average molecular weight is 348 g/mol. The maximum atomic E-state index is 12.8. The molecule has 0 amide bonds. The van der Waals surface area contributed by atoms with Gasteiger partial charge in [0.05, 0.1) is 11.3 Å². The number of allylic oxidation sites excluding steroid dienone is 2. The first-order valence-corrected chi connectivity index (χ1v) is 9.28. The zero-order valence-electron chi connectivity index (χ0n) is 15.7. The SMILES string of the molecule is CC(C)CC(=O)O[C@@H]1[C@@H]2[C@H](C)C(=O)O[C@@H]2C[C@@H](C)[C@@H]2C=CC(=O)[C@@]12C. The van der Waals surface area contributed by atoms with E-state index in [1.165, 1.54) is 0 Å². The molecule has 0 aromatic carbocycles. The molecular weight excluding hydrogens is 320 g/mol. The van der Waals surface area contributed by atoms with Crippen LogP contribution in [0.25, 0.3) is 0 Å². The van der Waals surface area contributed by atoms with Crippen molar-refractivity contribution in [3.63, 3.8) is 0 Å². The summed E-state index contributed by atoms with van der Waals surface area (Å²) in [5.41, 5.74) is -0.826. The van der Waals surface area contributed by atoms with Gasteiger partial charge in [-0.05, 0) is 37.2 Å². The maximum Gasteiger partial charge on any atom is 0.309 e. The van der Waals surface area contributed by atoms with E-state index in [1.54, 1.807) is 6.08 Å². The molecule has 3 rings (SSSR count). The van der Waals surface area contributed by atoms with E-state index in [-0.39, 0.29) is 53.4 Å². The molecule has 0 radical (unpaired) electrons. The Morgan fingerprint density at radius 2 is 2.04 bits per heavy atom. The Kier molecular flexibility index (Phi) is 4.54. The van der Waals surface area contributed by atoms with E-state index in [9.17, 15) is 14.4 Å². The number of ketones is 1. The summed E-state index contributed by atoms with van der Waals surface area (Å²) in [5, 5.41) is 0. The Morgan fingerprint density at radius 3 is 2.68 bits per heavy atom. The second kappa shape index (κ2) is 6.26. The van der Waals surface area contributed by atoms with Crippen LogP contribution in [-0.2, 0) is 23.9 Å². The van der Waals surface area contributed by atoms with Gasteiger partial charge in [-0.25, -0.2) is 0 Å². The number of hydrogen-bond donors (Lipinski definition) is 0. The number of carbonyl (C=O) groups is 3. The van der Waals surface area contributed by atoms with Crippen LogP contribution in [0, 0.1) is 35.0 Å². The molecule has 2 fully saturated rings. The van der Waals surface area contributed by atoms with Gasteiger partial charge in [-0.15, -0.1) is 0 Å². The number of esters is 2. The van der Waals surface area contributed by atoms with E-state index in [4.69, 9.17) is 9.47 Å². The summed E-state index contributed by atoms with van der Waals surface area (Å²) >= 11 is 0. The Morgan fingerprint density at radius 1 is 1.36 bits per heavy atom. The van der Waals surface area contributed by atoms with Gasteiger partial charge in [-0.1, -0.05) is 33.8 Å². The number of rotatable bonds is 3. The largest absolute Gasteiger partial charge is 0.462 e. The van der Waals surface area contributed by atoms with Crippen LogP contribution in [0.2, 0.25) is 0 Å². The van der Waals surface area contributed by atoms with E-state index in [0.717, 1.165) is 0 Å². The molecule has 0 bridgehead atoms. The zero-order chi connectivity index (χ0) is 18.5.